The average molecular weight is 582 g/mol. The zero-order valence-electron chi connectivity index (χ0n) is 25.3. The normalized spacial score (nSPS) is 23.9. The van der Waals surface area contributed by atoms with Crippen molar-refractivity contribution in [1.82, 2.24) is 14.7 Å². The number of carbonyl (C=O) groups is 1. The van der Waals surface area contributed by atoms with Crippen LogP contribution in [-0.4, -0.2) is 83.7 Å². The van der Waals surface area contributed by atoms with Crippen LogP contribution in [0.4, 0.5) is 8.78 Å². The maximum Gasteiger partial charge on any atom is 0.321 e. The minimum Gasteiger partial charge on any atom is -0.480 e. The molecule has 2 saturated heterocycles. The molecule has 0 aromatic heterocycles. The number of rotatable bonds is 12. The molecule has 2 aromatic rings. The van der Waals surface area contributed by atoms with Gasteiger partial charge in [-0.05, 0) is 99.8 Å². The predicted octanol–water partition coefficient (Wildman–Crippen LogP) is 6.43. The first-order chi connectivity index (χ1) is 20.4. The van der Waals surface area contributed by atoms with Gasteiger partial charge in [-0.2, -0.15) is 0 Å². The summed E-state index contributed by atoms with van der Waals surface area (Å²) in [5.41, 5.74) is 2.19. The molecule has 3 fully saturated rings. The van der Waals surface area contributed by atoms with Gasteiger partial charge in [-0.1, -0.05) is 62.6 Å². The van der Waals surface area contributed by atoms with Crippen molar-refractivity contribution < 1.29 is 18.7 Å². The Morgan fingerprint density at radius 1 is 0.976 bits per heavy atom. The second-order valence-electron chi connectivity index (χ2n) is 12.9. The number of aliphatic carboxylic acids is 1. The number of hydrogen-bond acceptors (Lipinski definition) is 4. The van der Waals surface area contributed by atoms with Crippen molar-refractivity contribution in [2.45, 2.75) is 82.7 Å². The summed E-state index contributed by atoms with van der Waals surface area (Å²) in [6.07, 6.45) is 9.57. The monoisotopic (exact) mass is 581 g/mol. The van der Waals surface area contributed by atoms with Crippen molar-refractivity contribution in [3.63, 3.8) is 0 Å². The van der Waals surface area contributed by atoms with Gasteiger partial charge in [0.1, 0.15) is 6.04 Å². The van der Waals surface area contributed by atoms with E-state index in [1.54, 1.807) is 6.07 Å². The summed E-state index contributed by atoms with van der Waals surface area (Å²) in [5, 5.41) is 10.3. The van der Waals surface area contributed by atoms with E-state index >= 15 is 0 Å². The van der Waals surface area contributed by atoms with Gasteiger partial charge < -0.3 is 14.9 Å². The van der Waals surface area contributed by atoms with E-state index < -0.39 is 17.6 Å². The Morgan fingerprint density at radius 2 is 1.71 bits per heavy atom. The summed E-state index contributed by atoms with van der Waals surface area (Å²) in [7, 11) is 0. The number of aryl methyl sites for hydroxylation is 1. The third-order valence-corrected chi connectivity index (χ3v) is 10.3. The molecule has 0 bridgehead atoms. The van der Waals surface area contributed by atoms with E-state index in [0.29, 0.717) is 17.9 Å². The molecule has 5 nitrogen and oxygen atoms in total. The Morgan fingerprint density at radius 3 is 2.38 bits per heavy atom. The number of carboxylic acid groups (broad SMARTS) is 1. The van der Waals surface area contributed by atoms with Gasteiger partial charge in [0.15, 0.2) is 11.6 Å². The molecule has 1 aliphatic carbocycles. The van der Waals surface area contributed by atoms with E-state index in [1.807, 2.05) is 0 Å². The van der Waals surface area contributed by atoms with Crippen molar-refractivity contribution in [3.8, 4) is 0 Å². The van der Waals surface area contributed by atoms with Gasteiger partial charge in [-0.3, -0.25) is 9.69 Å². The lowest BCUT2D eigenvalue weighted by Crippen LogP contribution is -2.47. The van der Waals surface area contributed by atoms with Gasteiger partial charge in [0, 0.05) is 31.6 Å². The lowest BCUT2D eigenvalue weighted by Gasteiger charge is -2.39. The molecule has 2 aliphatic heterocycles. The highest BCUT2D eigenvalue weighted by molar-refractivity contribution is 5.74. The average Bonchev–Trinajstić information content (AvgIpc) is 3.41. The highest BCUT2D eigenvalue weighted by atomic mass is 19.2. The molecule has 42 heavy (non-hydrogen) atoms. The molecule has 0 spiro atoms. The number of nitrogens with zero attached hydrogens (tertiary/aromatic N) is 3. The predicted molar refractivity (Wildman–Crippen MR) is 164 cm³/mol. The highest BCUT2D eigenvalue weighted by Gasteiger charge is 2.43. The van der Waals surface area contributed by atoms with E-state index in [0.717, 1.165) is 103 Å². The Balaban J connectivity index is 1.16. The van der Waals surface area contributed by atoms with E-state index in [-0.39, 0.29) is 12.0 Å². The first kappa shape index (κ1) is 31.1. The number of likely N-dealkylation sites (tertiary alicyclic amines) is 2. The van der Waals surface area contributed by atoms with Crippen LogP contribution in [0.15, 0.2) is 48.5 Å². The fourth-order valence-electron chi connectivity index (χ4n) is 8.08. The zero-order valence-corrected chi connectivity index (χ0v) is 25.3. The first-order valence-electron chi connectivity index (χ1n) is 16.3. The van der Waals surface area contributed by atoms with Crippen molar-refractivity contribution in [2.75, 3.05) is 45.8 Å². The standard InChI is InChI=1S/C35H49F2N3O2/c1-2-39(19-9-10-26-15-16-32(36)33(37)22-26)30-17-20-38(21-18-30)23-29-24-40(25-31(29)27-11-5-3-6-12-27)34(35(41)42)28-13-7-4-8-14-28/h3,5-6,11-12,15-16,22,28-31,34H,2,4,7-10,13-14,17-21,23-25H2,1H3,(H,41,42). The van der Waals surface area contributed by atoms with Gasteiger partial charge in [0.2, 0.25) is 0 Å². The maximum absolute atomic E-state index is 13.6. The van der Waals surface area contributed by atoms with Crippen LogP contribution in [-0.2, 0) is 11.2 Å². The van der Waals surface area contributed by atoms with Crippen LogP contribution >= 0.6 is 0 Å². The second kappa shape index (κ2) is 14.9. The van der Waals surface area contributed by atoms with Crippen molar-refractivity contribution in [3.05, 3.63) is 71.3 Å². The van der Waals surface area contributed by atoms with Crippen molar-refractivity contribution in [1.29, 1.82) is 0 Å². The number of carboxylic acids is 1. The fourth-order valence-corrected chi connectivity index (χ4v) is 8.08. The van der Waals surface area contributed by atoms with Gasteiger partial charge in [0.05, 0.1) is 0 Å². The molecule has 230 valence electrons. The molecular formula is C35H49F2N3O2. The number of piperidine rings is 1. The molecule has 0 radical (unpaired) electrons. The second-order valence-corrected chi connectivity index (χ2v) is 12.9. The largest absolute Gasteiger partial charge is 0.480 e. The summed E-state index contributed by atoms with van der Waals surface area (Å²) in [6, 6.07) is 15.2. The first-order valence-corrected chi connectivity index (χ1v) is 16.3. The SMILES string of the molecule is CCN(CCCc1ccc(F)c(F)c1)C1CCN(CC2CN(C(C(=O)O)C3CCCCC3)CC2c2ccccc2)CC1. The molecule has 0 amide bonds. The van der Waals surface area contributed by atoms with Crippen LogP contribution < -0.4 is 0 Å². The summed E-state index contributed by atoms with van der Waals surface area (Å²) in [6.45, 7) is 9.01. The number of benzene rings is 2. The lowest BCUT2D eigenvalue weighted by molar-refractivity contribution is -0.145. The summed E-state index contributed by atoms with van der Waals surface area (Å²) in [4.78, 5) is 20.0. The van der Waals surface area contributed by atoms with Gasteiger partial charge in [-0.25, -0.2) is 8.78 Å². The quantitative estimate of drug-likeness (QED) is 0.313. The van der Waals surface area contributed by atoms with Crippen molar-refractivity contribution in [2.24, 2.45) is 11.8 Å². The molecule has 1 saturated carbocycles. The van der Waals surface area contributed by atoms with Crippen LogP contribution in [0, 0.1) is 23.5 Å². The minimum atomic E-state index is -0.785. The van der Waals surface area contributed by atoms with E-state index in [4.69, 9.17) is 0 Å². The van der Waals surface area contributed by atoms with Gasteiger partial charge >= 0.3 is 5.97 Å². The van der Waals surface area contributed by atoms with E-state index in [9.17, 15) is 18.7 Å². The van der Waals surface area contributed by atoms with E-state index in [1.165, 1.54) is 24.1 Å². The van der Waals surface area contributed by atoms with Crippen LogP contribution in [0.1, 0.15) is 75.3 Å². The third kappa shape index (κ3) is 7.78. The van der Waals surface area contributed by atoms with E-state index in [2.05, 4.69) is 52.0 Å². The molecule has 3 atom stereocenters. The summed E-state index contributed by atoms with van der Waals surface area (Å²) >= 11 is 0. The molecule has 5 rings (SSSR count). The zero-order chi connectivity index (χ0) is 29.5. The number of halogens is 2. The van der Waals surface area contributed by atoms with Crippen molar-refractivity contribution >= 4 is 5.97 Å². The Kier molecular flexibility index (Phi) is 11.0. The minimum absolute atomic E-state index is 0.268. The number of hydrogen-bond donors (Lipinski definition) is 1. The van der Waals surface area contributed by atoms with Crippen LogP contribution in [0.2, 0.25) is 0 Å². The third-order valence-electron chi connectivity index (χ3n) is 10.3. The Labute approximate surface area is 250 Å². The molecule has 1 N–H and O–H groups in total. The smallest absolute Gasteiger partial charge is 0.321 e. The molecule has 3 unspecified atom stereocenters. The Bertz CT molecular complexity index is 1130. The summed E-state index contributed by atoms with van der Waals surface area (Å²) < 4.78 is 26.9. The topological polar surface area (TPSA) is 47.0 Å². The molecular weight excluding hydrogens is 532 g/mol. The molecule has 3 aliphatic rings. The lowest BCUT2D eigenvalue weighted by atomic mass is 9.83. The highest BCUT2D eigenvalue weighted by Crippen LogP contribution is 2.38. The Hall–Kier alpha value is -2.35. The molecule has 7 heteroatoms. The molecule has 2 aromatic carbocycles. The summed E-state index contributed by atoms with van der Waals surface area (Å²) in [5.74, 6) is -1.14. The van der Waals surface area contributed by atoms with Gasteiger partial charge in [-0.15, -0.1) is 0 Å². The van der Waals surface area contributed by atoms with Crippen LogP contribution in [0.3, 0.4) is 0 Å². The van der Waals surface area contributed by atoms with Crippen LogP contribution in [0.25, 0.3) is 0 Å². The van der Waals surface area contributed by atoms with Gasteiger partial charge in [0.25, 0.3) is 0 Å². The van der Waals surface area contributed by atoms with Crippen LogP contribution in [0.5, 0.6) is 0 Å². The maximum atomic E-state index is 13.6. The fraction of sp³-hybridized carbons (Fsp3) is 0.629. The molecule has 2 heterocycles.